The molecule has 0 spiro atoms. The molecule has 0 atom stereocenters. The van der Waals surface area contributed by atoms with Crippen molar-refractivity contribution in [2.24, 2.45) is 0 Å². The molecule has 2 N–H and O–H groups in total. The van der Waals surface area contributed by atoms with Gasteiger partial charge in [-0.05, 0) is 11.5 Å². The first kappa shape index (κ1) is 9.24. The largest absolute Gasteiger partial charge is 0.489 e. The Balaban J connectivity index is 2.35. The first-order valence-corrected chi connectivity index (χ1v) is 4.44. The molecule has 0 aliphatic carbocycles. The van der Waals surface area contributed by atoms with E-state index in [4.69, 9.17) is 10.0 Å². The Bertz CT molecular complexity index is 363. The molecule has 0 bridgehead atoms. The summed E-state index contributed by atoms with van der Waals surface area (Å²) in [6.45, 7) is 1.52. The van der Waals surface area contributed by atoms with E-state index in [1.54, 1.807) is 29.2 Å². The summed E-state index contributed by atoms with van der Waals surface area (Å²) in [5.74, 6) is -0.131. The van der Waals surface area contributed by atoms with Crippen LogP contribution in [0.5, 0.6) is 0 Å². The molecule has 0 aromatic heterocycles. The van der Waals surface area contributed by atoms with Crippen LogP contribution in [0.1, 0.15) is 10.4 Å². The van der Waals surface area contributed by atoms with Gasteiger partial charge in [0.1, 0.15) is 0 Å². The van der Waals surface area contributed by atoms with Crippen LogP contribution in [0.4, 0.5) is 0 Å². The molecule has 2 rings (SSSR count). The van der Waals surface area contributed by atoms with Crippen molar-refractivity contribution < 1.29 is 14.8 Å². The Hall–Kier alpha value is -1.33. The maximum absolute atomic E-state index is 11.6. The van der Waals surface area contributed by atoms with Crippen LogP contribution >= 0.6 is 0 Å². The van der Waals surface area contributed by atoms with Gasteiger partial charge in [0.2, 0.25) is 0 Å². The minimum atomic E-state index is -1.59. The fraction of sp³-hybridized carbons (Fsp3) is 0.222. The van der Waals surface area contributed by atoms with Crippen LogP contribution in [-0.2, 0) is 0 Å². The molecular formula is C9H10BNO3. The third-order valence-corrected chi connectivity index (χ3v) is 2.20. The second-order valence-corrected chi connectivity index (χ2v) is 3.25. The normalized spacial score (nSPS) is 14.0. The number of amides is 1. The zero-order chi connectivity index (χ0) is 10.1. The first-order chi connectivity index (χ1) is 6.70. The Morgan fingerprint density at radius 3 is 2.50 bits per heavy atom. The maximum Gasteiger partial charge on any atom is 0.489 e. The van der Waals surface area contributed by atoms with Crippen LogP contribution in [0.25, 0.3) is 0 Å². The van der Waals surface area contributed by atoms with Crippen molar-refractivity contribution in [1.82, 2.24) is 4.90 Å². The van der Waals surface area contributed by atoms with Gasteiger partial charge in [0.25, 0.3) is 5.91 Å². The standard InChI is InChI=1S/C9H10BNO3/c12-9(11-5-6-11)7-3-1-2-4-8(7)10(13)14/h1-4,13-14H,5-6H2. The second kappa shape index (κ2) is 3.44. The predicted molar refractivity (Wildman–Crippen MR) is 52.2 cm³/mol. The number of rotatable bonds is 2. The third kappa shape index (κ3) is 1.64. The van der Waals surface area contributed by atoms with Crippen molar-refractivity contribution >= 4 is 18.5 Å². The molecule has 14 heavy (non-hydrogen) atoms. The molecule has 1 saturated heterocycles. The topological polar surface area (TPSA) is 60.5 Å². The highest BCUT2D eigenvalue weighted by atomic mass is 16.4. The zero-order valence-electron chi connectivity index (χ0n) is 7.55. The summed E-state index contributed by atoms with van der Waals surface area (Å²) in [5, 5.41) is 18.1. The highest BCUT2D eigenvalue weighted by Crippen LogP contribution is 2.10. The summed E-state index contributed by atoms with van der Waals surface area (Å²) in [7, 11) is -1.59. The van der Waals surface area contributed by atoms with Gasteiger partial charge < -0.3 is 14.9 Å². The Morgan fingerprint density at radius 1 is 1.29 bits per heavy atom. The van der Waals surface area contributed by atoms with Gasteiger partial charge in [0.15, 0.2) is 0 Å². The minimum Gasteiger partial charge on any atom is -0.423 e. The maximum atomic E-state index is 11.6. The van der Waals surface area contributed by atoms with E-state index in [1.807, 2.05) is 0 Å². The van der Waals surface area contributed by atoms with E-state index < -0.39 is 7.12 Å². The van der Waals surface area contributed by atoms with Crippen LogP contribution in [0.15, 0.2) is 24.3 Å². The molecule has 4 nitrogen and oxygen atoms in total. The summed E-state index contributed by atoms with van der Waals surface area (Å²) in [5.41, 5.74) is 0.643. The Morgan fingerprint density at radius 2 is 1.93 bits per heavy atom. The monoisotopic (exact) mass is 191 g/mol. The zero-order valence-corrected chi connectivity index (χ0v) is 7.55. The van der Waals surface area contributed by atoms with Crippen LogP contribution in [0, 0.1) is 0 Å². The van der Waals surface area contributed by atoms with E-state index in [0.29, 0.717) is 5.56 Å². The number of carbonyl (C=O) groups excluding carboxylic acids is 1. The SMILES string of the molecule is O=C(c1ccccc1B(O)O)N1CC1. The predicted octanol–water partition coefficient (Wildman–Crippen LogP) is -1.18. The fourth-order valence-electron chi connectivity index (χ4n) is 1.34. The van der Waals surface area contributed by atoms with Crippen molar-refractivity contribution in [3.8, 4) is 0 Å². The average Bonchev–Trinajstić information content (AvgIpc) is 3.00. The second-order valence-electron chi connectivity index (χ2n) is 3.25. The van der Waals surface area contributed by atoms with Gasteiger partial charge in [-0.2, -0.15) is 0 Å². The van der Waals surface area contributed by atoms with Gasteiger partial charge >= 0.3 is 7.12 Å². The van der Waals surface area contributed by atoms with Crippen molar-refractivity contribution in [2.45, 2.75) is 0 Å². The molecule has 0 saturated carbocycles. The molecule has 0 radical (unpaired) electrons. The van der Waals surface area contributed by atoms with Crippen LogP contribution in [0.3, 0.4) is 0 Å². The molecular weight excluding hydrogens is 181 g/mol. The van der Waals surface area contributed by atoms with Gasteiger partial charge in [-0.1, -0.05) is 18.2 Å². The number of carbonyl (C=O) groups is 1. The molecule has 0 unspecified atom stereocenters. The Labute approximate surface area is 81.9 Å². The molecule has 1 aromatic rings. The molecule has 1 aromatic carbocycles. The highest BCUT2D eigenvalue weighted by molar-refractivity contribution is 6.60. The van der Waals surface area contributed by atoms with Crippen molar-refractivity contribution in [1.29, 1.82) is 0 Å². The Kier molecular flexibility index (Phi) is 2.27. The number of hydrogen-bond donors (Lipinski definition) is 2. The van der Waals surface area contributed by atoms with E-state index in [-0.39, 0.29) is 11.4 Å². The summed E-state index contributed by atoms with van der Waals surface area (Å²) >= 11 is 0. The van der Waals surface area contributed by atoms with Gasteiger partial charge in [0, 0.05) is 18.7 Å². The molecule has 5 heteroatoms. The number of benzene rings is 1. The van der Waals surface area contributed by atoms with Crippen molar-refractivity contribution in [3.63, 3.8) is 0 Å². The molecule has 1 aliphatic heterocycles. The first-order valence-electron chi connectivity index (χ1n) is 4.44. The molecule has 1 aliphatic rings. The summed E-state index contributed by atoms with van der Waals surface area (Å²) < 4.78 is 0. The lowest BCUT2D eigenvalue weighted by atomic mass is 9.77. The lowest BCUT2D eigenvalue weighted by Crippen LogP contribution is -2.35. The van der Waals surface area contributed by atoms with E-state index in [0.717, 1.165) is 13.1 Å². The lowest BCUT2D eigenvalue weighted by Gasteiger charge is -2.07. The minimum absolute atomic E-state index is 0.131. The fourth-order valence-corrected chi connectivity index (χ4v) is 1.34. The summed E-state index contributed by atoms with van der Waals surface area (Å²) in [4.78, 5) is 13.3. The van der Waals surface area contributed by atoms with E-state index >= 15 is 0 Å². The average molecular weight is 191 g/mol. The van der Waals surface area contributed by atoms with E-state index in [2.05, 4.69) is 0 Å². The smallest absolute Gasteiger partial charge is 0.423 e. The van der Waals surface area contributed by atoms with Crippen LogP contribution in [-0.4, -0.2) is 41.1 Å². The number of nitrogens with zero attached hydrogens (tertiary/aromatic N) is 1. The van der Waals surface area contributed by atoms with Crippen molar-refractivity contribution in [2.75, 3.05) is 13.1 Å². The quantitative estimate of drug-likeness (QED) is 0.457. The van der Waals surface area contributed by atoms with Crippen molar-refractivity contribution in [3.05, 3.63) is 29.8 Å². The third-order valence-electron chi connectivity index (χ3n) is 2.20. The van der Waals surface area contributed by atoms with Crippen LogP contribution < -0.4 is 5.46 Å². The van der Waals surface area contributed by atoms with Gasteiger partial charge in [-0.15, -0.1) is 0 Å². The molecule has 1 fully saturated rings. The molecule has 72 valence electrons. The number of hydrogen-bond acceptors (Lipinski definition) is 3. The highest BCUT2D eigenvalue weighted by Gasteiger charge is 2.29. The summed E-state index contributed by atoms with van der Waals surface area (Å²) in [6, 6.07) is 6.53. The van der Waals surface area contributed by atoms with E-state index in [1.165, 1.54) is 0 Å². The van der Waals surface area contributed by atoms with Crippen LogP contribution in [0.2, 0.25) is 0 Å². The lowest BCUT2D eigenvalue weighted by molar-refractivity contribution is 0.0886. The van der Waals surface area contributed by atoms with E-state index in [9.17, 15) is 4.79 Å². The molecule has 1 heterocycles. The van der Waals surface area contributed by atoms with Gasteiger partial charge in [-0.25, -0.2) is 0 Å². The van der Waals surface area contributed by atoms with Gasteiger partial charge in [0.05, 0.1) is 0 Å². The van der Waals surface area contributed by atoms with Gasteiger partial charge in [-0.3, -0.25) is 4.79 Å². The molecule has 1 amide bonds. The summed E-state index contributed by atoms with van der Waals surface area (Å²) in [6.07, 6.45) is 0.